The molecule has 0 nitrogen and oxygen atoms in total. The first-order valence-electron chi connectivity index (χ1n) is 4.71. The molecule has 1 aliphatic rings. The van der Waals surface area contributed by atoms with Crippen LogP contribution in [0.4, 0.5) is 0 Å². The van der Waals surface area contributed by atoms with Gasteiger partial charge in [-0.3, -0.25) is 0 Å². The Morgan fingerprint density at radius 1 is 1.50 bits per heavy atom. The zero-order chi connectivity index (χ0) is 10.1. The van der Waals surface area contributed by atoms with Crippen LogP contribution < -0.4 is 0 Å². The number of hydrogen-bond acceptors (Lipinski definition) is 1. The topological polar surface area (TPSA) is 0 Å². The molecule has 3 heteroatoms. The number of hydrogen-bond donors (Lipinski definition) is 0. The summed E-state index contributed by atoms with van der Waals surface area (Å²) in [5, 5.41) is 3.02. The molecular weight excluding hydrogens is 235 g/mol. The summed E-state index contributed by atoms with van der Waals surface area (Å²) in [7, 11) is 0. The predicted molar refractivity (Wildman–Crippen MR) is 64.6 cm³/mol. The van der Waals surface area contributed by atoms with E-state index in [-0.39, 0.29) is 5.38 Å². The molecule has 1 aromatic rings. The van der Waals surface area contributed by atoms with Gasteiger partial charge in [0.25, 0.3) is 0 Å². The molecular formula is C11H12Cl2S. The van der Waals surface area contributed by atoms with Gasteiger partial charge in [-0.25, -0.2) is 0 Å². The zero-order valence-corrected chi connectivity index (χ0v) is 10.3. The minimum Gasteiger partial charge on any atom is -0.148 e. The van der Waals surface area contributed by atoms with Crippen LogP contribution in [0.3, 0.4) is 0 Å². The highest BCUT2D eigenvalue weighted by molar-refractivity contribution is 7.10. The number of allylic oxidation sites excluding steroid dienone is 2. The molecule has 2 rings (SSSR count). The molecule has 0 saturated carbocycles. The van der Waals surface area contributed by atoms with Crippen molar-refractivity contribution in [3.8, 4) is 0 Å². The second-order valence-corrected chi connectivity index (χ2v) is 5.66. The van der Waals surface area contributed by atoms with Crippen LogP contribution in [0.5, 0.6) is 0 Å². The van der Waals surface area contributed by atoms with Crippen LogP contribution >= 0.6 is 34.5 Å². The minimum atomic E-state index is 0.0119. The molecule has 0 radical (unpaired) electrons. The third kappa shape index (κ3) is 2.16. The van der Waals surface area contributed by atoms with Crippen LogP contribution in [0.15, 0.2) is 22.6 Å². The lowest BCUT2D eigenvalue weighted by Crippen LogP contribution is -2.11. The van der Waals surface area contributed by atoms with Gasteiger partial charge in [0, 0.05) is 9.91 Å². The fraction of sp³-hybridized carbons (Fsp3) is 0.455. The summed E-state index contributed by atoms with van der Waals surface area (Å²) < 4.78 is 0. The van der Waals surface area contributed by atoms with E-state index >= 15 is 0 Å². The minimum absolute atomic E-state index is 0.0119. The van der Waals surface area contributed by atoms with Gasteiger partial charge in [-0.05, 0) is 42.7 Å². The van der Waals surface area contributed by atoms with Crippen molar-refractivity contribution in [3.05, 3.63) is 33.0 Å². The lowest BCUT2D eigenvalue weighted by molar-refractivity contribution is 0.625. The first-order valence-corrected chi connectivity index (χ1v) is 6.41. The number of thiophene rings is 1. The third-order valence-electron chi connectivity index (χ3n) is 2.54. The summed E-state index contributed by atoms with van der Waals surface area (Å²) in [4.78, 5) is 1.44. The van der Waals surface area contributed by atoms with Crippen molar-refractivity contribution in [2.75, 3.05) is 0 Å². The number of halogens is 2. The molecule has 0 aromatic carbocycles. The Kier molecular flexibility index (Phi) is 3.20. The monoisotopic (exact) mass is 246 g/mol. The number of rotatable bonds is 1. The number of alkyl halides is 1. The summed E-state index contributed by atoms with van der Waals surface area (Å²) in [5.74, 6) is 0.568. The average Bonchev–Trinajstić information content (AvgIpc) is 2.57. The van der Waals surface area contributed by atoms with Crippen molar-refractivity contribution in [3.63, 3.8) is 0 Å². The van der Waals surface area contributed by atoms with Crippen molar-refractivity contribution in [1.82, 2.24) is 0 Å². The Morgan fingerprint density at radius 3 is 2.86 bits per heavy atom. The lowest BCUT2D eigenvalue weighted by atomic mass is 9.92. The fourth-order valence-electron chi connectivity index (χ4n) is 1.74. The molecule has 0 saturated heterocycles. The summed E-state index contributed by atoms with van der Waals surface area (Å²) in [6, 6.07) is 2.26. The Labute approximate surface area is 98.5 Å². The van der Waals surface area contributed by atoms with Crippen molar-refractivity contribution < 1.29 is 0 Å². The van der Waals surface area contributed by atoms with E-state index in [9.17, 15) is 0 Å². The van der Waals surface area contributed by atoms with E-state index in [2.05, 4.69) is 24.4 Å². The highest BCUT2D eigenvalue weighted by atomic mass is 35.5. The highest BCUT2D eigenvalue weighted by Crippen LogP contribution is 2.38. The first-order chi connectivity index (χ1) is 6.66. The smallest absolute Gasteiger partial charge is 0.0695 e. The zero-order valence-electron chi connectivity index (χ0n) is 7.97. The van der Waals surface area contributed by atoms with Crippen molar-refractivity contribution >= 4 is 34.5 Å². The van der Waals surface area contributed by atoms with E-state index in [0.717, 1.165) is 17.9 Å². The van der Waals surface area contributed by atoms with Crippen LogP contribution in [-0.4, -0.2) is 5.38 Å². The second kappa shape index (κ2) is 4.26. The molecule has 1 aliphatic carbocycles. The van der Waals surface area contributed by atoms with Crippen LogP contribution in [0.25, 0.3) is 0 Å². The first kappa shape index (κ1) is 10.5. The van der Waals surface area contributed by atoms with Crippen LogP contribution in [0.2, 0.25) is 0 Å². The Hall–Kier alpha value is 0.0200. The molecule has 1 aromatic heterocycles. The molecule has 0 fully saturated rings. The van der Waals surface area contributed by atoms with E-state index in [1.165, 1.54) is 10.4 Å². The summed E-state index contributed by atoms with van der Waals surface area (Å²) in [5.41, 5.74) is 1.34. The van der Waals surface area contributed by atoms with Gasteiger partial charge < -0.3 is 0 Å². The van der Waals surface area contributed by atoms with Gasteiger partial charge in [0.15, 0.2) is 0 Å². The van der Waals surface area contributed by atoms with E-state index in [1.807, 2.05) is 11.3 Å². The molecule has 76 valence electrons. The second-order valence-electron chi connectivity index (χ2n) is 3.75. The van der Waals surface area contributed by atoms with E-state index in [1.54, 1.807) is 0 Å². The maximum Gasteiger partial charge on any atom is 0.0695 e. The van der Waals surface area contributed by atoms with Gasteiger partial charge in [-0.2, -0.15) is 0 Å². The van der Waals surface area contributed by atoms with Crippen LogP contribution in [-0.2, 0) is 0 Å². The quantitative estimate of drug-likeness (QED) is 0.633. The molecule has 0 unspecified atom stereocenters. The van der Waals surface area contributed by atoms with E-state index in [4.69, 9.17) is 23.2 Å². The predicted octanol–water partition coefficient (Wildman–Crippen LogP) is 4.66. The van der Waals surface area contributed by atoms with Gasteiger partial charge in [-0.1, -0.05) is 17.7 Å². The van der Waals surface area contributed by atoms with Crippen LogP contribution in [0, 0.1) is 6.92 Å². The molecule has 0 spiro atoms. The van der Waals surface area contributed by atoms with Gasteiger partial charge in [-0.15, -0.1) is 22.9 Å². The van der Waals surface area contributed by atoms with Crippen molar-refractivity contribution in [1.29, 1.82) is 0 Å². The van der Waals surface area contributed by atoms with Gasteiger partial charge in [0.05, 0.1) is 5.38 Å². The normalized spacial score (nSPS) is 27.5. The van der Waals surface area contributed by atoms with Crippen molar-refractivity contribution in [2.24, 2.45) is 0 Å². The summed E-state index contributed by atoms with van der Waals surface area (Å²) in [6.45, 7) is 2.13. The maximum absolute atomic E-state index is 6.12. The number of aryl methyl sites for hydroxylation is 1. The summed E-state index contributed by atoms with van der Waals surface area (Å²) >= 11 is 13.9. The molecule has 0 bridgehead atoms. The third-order valence-corrected chi connectivity index (χ3v) is 4.70. The molecule has 0 aliphatic heterocycles. The van der Waals surface area contributed by atoms with Gasteiger partial charge in [0.2, 0.25) is 0 Å². The lowest BCUT2D eigenvalue weighted by Gasteiger charge is -2.22. The Morgan fingerprint density at radius 2 is 2.29 bits per heavy atom. The Balaban J connectivity index is 2.15. The molecule has 2 atom stereocenters. The van der Waals surface area contributed by atoms with Crippen LogP contribution in [0.1, 0.15) is 29.2 Å². The van der Waals surface area contributed by atoms with E-state index < -0.39 is 0 Å². The summed E-state index contributed by atoms with van der Waals surface area (Å²) in [6.07, 6.45) is 4.06. The maximum atomic E-state index is 6.12. The molecule has 0 amide bonds. The molecule has 0 N–H and O–H groups in total. The molecule has 1 heterocycles. The average molecular weight is 247 g/mol. The van der Waals surface area contributed by atoms with Gasteiger partial charge in [0.1, 0.15) is 0 Å². The standard InChI is InChI=1S/C11H12Cl2S/c1-7-4-11(14-6-7)8-2-3-9(12)10(13)5-8/h3-4,6,8,10H,2,5H2,1H3/t8-,10-/m1/s1. The Bertz CT molecular complexity index is 354. The largest absolute Gasteiger partial charge is 0.148 e. The fourth-order valence-corrected chi connectivity index (χ4v) is 3.25. The SMILES string of the molecule is Cc1csc([C@@H]2CC=C(Cl)[C@H](Cl)C2)c1. The van der Waals surface area contributed by atoms with Crippen molar-refractivity contribution in [2.45, 2.75) is 31.1 Å². The van der Waals surface area contributed by atoms with E-state index in [0.29, 0.717) is 5.92 Å². The molecule has 14 heavy (non-hydrogen) atoms. The van der Waals surface area contributed by atoms with Gasteiger partial charge >= 0.3 is 0 Å². The highest BCUT2D eigenvalue weighted by Gasteiger charge is 2.23.